The first-order chi connectivity index (χ1) is 22.9. The fraction of sp³-hybridized carbons (Fsp3) is 0.303. The van der Waals surface area contributed by atoms with Gasteiger partial charge in [0.2, 0.25) is 6.79 Å². The van der Waals surface area contributed by atoms with E-state index in [2.05, 4.69) is 0 Å². The topological polar surface area (TPSA) is 216 Å². The molecule has 0 aliphatic carbocycles. The van der Waals surface area contributed by atoms with E-state index >= 15 is 0 Å². The van der Waals surface area contributed by atoms with Crippen LogP contribution in [0.1, 0.15) is 30.4 Å². The maximum Gasteiger partial charge on any atom is 0.377 e. The summed E-state index contributed by atoms with van der Waals surface area (Å²) in [6.07, 6.45) is -3.76. The Morgan fingerprint density at radius 3 is 2.08 bits per heavy atom. The van der Waals surface area contributed by atoms with E-state index in [0.29, 0.717) is 41.4 Å². The molecule has 2 heterocycles. The van der Waals surface area contributed by atoms with Gasteiger partial charge in [0.15, 0.2) is 23.7 Å². The molecule has 15 nitrogen and oxygen atoms in total. The SMILES string of the molecule is CC(C(CCc1ccccc1)c1ccc(Oc2ccc3c(c2)OCO3)cc1)N(CC(=O)O)C(=O)C1OC(C(=O)O)(C(=O)O)OC1C(=O)O. The summed E-state index contributed by atoms with van der Waals surface area (Å²) in [7, 11) is 0. The summed E-state index contributed by atoms with van der Waals surface area (Å²) in [6, 6.07) is 20.4. The van der Waals surface area contributed by atoms with E-state index < -0.39 is 66.3 Å². The first kappa shape index (κ1) is 33.7. The molecule has 2 aliphatic rings. The van der Waals surface area contributed by atoms with Crippen LogP contribution in [-0.2, 0) is 39.9 Å². The zero-order valence-corrected chi connectivity index (χ0v) is 25.4. The first-order valence-corrected chi connectivity index (χ1v) is 14.7. The third-order valence-corrected chi connectivity index (χ3v) is 8.05. The summed E-state index contributed by atoms with van der Waals surface area (Å²) < 4.78 is 26.5. The lowest BCUT2D eigenvalue weighted by molar-refractivity contribution is -0.221. The van der Waals surface area contributed by atoms with Crippen LogP contribution in [0.4, 0.5) is 0 Å². The summed E-state index contributed by atoms with van der Waals surface area (Å²) in [4.78, 5) is 62.4. The number of rotatable bonds is 14. The molecule has 0 radical (unpaired) electrons. The molecule has 0 saturated carbocycles. The lowest BCUT2D eigenvalue weighted by atomic mass is 9.85. The molecule has 3 aromatic carbocycles. The van der Waals surface area contributed by atoms with Gasteiger partial charge < -0.3 is 49.0 Å². The van der Waals surface area contributed by atoms with Crippen LogP contribution >= 0.6 is 0 Å². The number of ether oxygens (including phenoxy) is 5. The molecule has 1 saturated heterocycles. The predicted molar refractivity (Wildman–Crippen MR) is 161 cm³/mol. The van der Waals surface area contributed by atoms with Crippen molar-refractivity contribution in [2.45, 2.75) is 49.7 Å². The van der Waals surface area contributed by atoms with Gasteiger partial charge in [0.25, 0.3) is 5.91 Å². The third-order valence-electron chi connectivity index (χ3n) is 8.05. The van der Waals surface area contributed by atoms with E-state index in [0.717, 1.165) is 10.5 Å². The van der Waals surface area contributed by atoms with Crippen molar-refractivity contribution >= 4 is 29.8 Å². The van der Waals surface area contributed by atoms with Gasteiger partial charge in [-0.05, 0) is 55.2 Å². The highest BCUT2D eigenvalue weighted by Gasteiger charge is 2.64. The molecule has 1 fully saturated rings. The smallest absolute Gasteiger partial charge is 0.377 e. The Hall–Kier alpha value is -5.67. The van der Waals surface area contributed by atoms with E-state index in [1.807, 2.05) is 30.3 Å². The highest BCUT2D eigenvalue weighted by molar-refractivity contribution is 6.02. The van der Waals surface area contributed by atoms with Crippen molar-refractivity contribution < 1.29 is 68.1 Å². The van der Waals surface area contributed by atoms with Crippen molar-refractivity contribution in [1.82, 2.24) is 4.90 Å². The van der Waals surface area contributed by atoms with Crippen molar-refractivity contribution in [3.63, 3.8) is 0 Å². The van der Waals surface area contributed by atoms with Gasteiger partial charge in [0.05, 0.1) is 0 Å². The fourth-order valence-corrected chi connectivity index (χ4v) is 5.62. The average molecular weight is 666 g/mol. The highest BCUT2D eigenvalue weighted by Crippen LogP contribution is 2.38. The maximum absolute atomic E-state index is 13.9. The van der Waals surface area contributed by atoms with Gasteiger partial charge >= 0.3 is 29.7 Å². The normalized spacial score (nSPS) is 18.8. The van der Waals surface area contributed by atoms with Crippen molar-refractivity contribution in [3.8, 4) is 23.0 Å². The van der Waals surface area contributed by atoms with Gasteiger partial charge in [-0.25, -0.2) is 14.4 Å². The lowest BCUT2D eigenvalue weighted by Gasteiger charge is -2.36. The first-order valence-electron chi connectivity index (χ1n) is 14.7. The van der Waals surface area contributed by atoms with Crippen LogP contribution in [0, 0.1) is 0 Å². The number of benzene rings is 3. The summed E-state index contributed by atoms with van der Waals surface area (Å²) >= 11 is 0. The molecule has 15 heteroatoms. The fourth-order valence-electron chi connectivity index (χ4n) is 5.62. The van der Waals surface area contributed by atoms with Crippen LogP contribution in [0.3, 0.4) is 0 Å². The quantitative estimate of drug-likeness (QED) is 0.182. The summed E-state index contributed by atoms with van der Waals surface area (Å²) in [5, 5.41) is 38.5. The Balaban J connectivity index is 1.45. The number of amides is 1. The van der Waals surface area contributed by atoms with Crippen LogP contribution < -0.4 is 14.2 Å². The molecule has 48 heavy (non-hydrogen) atoms. The van der Waals surface area contributed by atoms with Gasteiger partial charge in [-0.15, -0.1) is 0 Å². The molecule has 252 valence electrons. The van der Waals surface area contributed by atoms with Crippen LogP contribution in [0.15, 0.2) is 72.8 Å². The van der Waals surface area contributed by atoms with Gasteiger partial charge in [0.1, 0.15) is 18.0 Å². The van der Waals surface area contributed by atoms with Crippen LogP contribution in [0.2, 0.25) is 0 Å². The highest BCUT2D eigenvalue weighted by atomic mass is 16.8. The van der Waals surface area contributed by atoms with Crippen LogP contribution in [0.25, 0.3) is 0 Å². The zero-order valence-electron chi connectivity index (χ0n) is 25.4. The van der Waals surface area contributed by atoms with Crippen molar-refractivity contribution in [2.75, 3.05) is 13.3 Å². The number of carboxylic acid groups (broad SMARTS) is 4. The van der Waals surface area contributed by atoms with E-state index in [1.54, 1.807) is 49.4 Å². The molecule has 3 aromatic rings. The number of aryl methyl sites for hydroxylation is 1. The number of carboxylic acids is 4. The average Bonchev–Trinajstić information content (AvgIpc) is 3.71. The van der Waals surface area contributed by atoms with Crippen LogP contribution in [-0.4, -0.2) is 92.5 Å². The molecule has 0 aromatic heterocycles. The second-order valence-electron chi connectivity index (χ2n) is 11.1. The van der Waals surface area contributed by atoms with Gasteiger partial charge in [-0.3, -0.25) is 9.59 Å². The largest absolute Gasteiger partial charge is 0.480 e. The Morgan fingerprint density at radius 1 is 0.833 bits per heavy atom. The monoisotopic (exact) mass is 665 g/mol. The van der Waals surface area contributed by atoms with E-state index in [9.17, 15) is 44.4 Å². The number of carbonyl (C=O) groups is 5. The van der Waals surface area contributed by atoms with E-state index in [-0.39, 0.29) is 6.79 Å². The molecule has 1 amide bonds. The molecule has 5 rings (SSSR count). The molecule has 0 bridgehead atoms. The standard InChI is InChI=1S/C33H31NO14/c1-18(34(16-26(35)36)29(37)27-28(30(38)39)48-33(47-27,31(40)41)32(42)43)23(13-7-19-5-3-2-4-6-19)20-8-10-21(11-9-20)46-22-12-14-24-25(15-22)45-17-44-24/h2-6,8-12,14-15,18,23,27-28H,7,13,16-17H2,1H3,(H,35,36)(H,38,39)(H,40,41)(H,42,43). The predicted octanol–water partition coefficient (Wildman–Crippen LogP) is 2.96. The number of hydrogen-bond acceptors (Lipinski definition) is 10. The van der Waals surface area contributed by atoms with Gasteiger partial charge in [-0.2, -0.15) is 0 Å². The molecular weight excluding hydrogens is 634 g/mol. The summed E-state index contributed by atoms with van der Waals surface area (Å²) in [5.74, 6) is -11.0. The molecule has 4 N–H and O–H groups in total. The second kappa shape index (κ2) is 14.0. The van der Waals surface area contributed by atoms with Gasteiger partial charge in [0, 0.05) is 18.0 Å². The molecule has 0 spiro atoms. The minimum absolute atomic E-state index is 0.105. The molecule has 4 atom stereocenters. The van der Waals surface area contributed by atoms with E-state index in [1.165, 1.54) is 0 Å². The van der Waals surface area contributed by atoms with Crippen molar-refractivity contribution in [2.24, 2.45) is 0 Å². The summed E-state index contributed by atoms with van der Waals surface area (Å²) in [5.41, 5.74) is 1.63. The number of aliphatic carboxylic acids is 4. The number of fused-ring (bicyclic) bond motifs is 1. The Bertz CT molecular complexity index is 1680. The number of carbonyl (C=O) groups excluding carboxylic acids is 1. The minimum Gasteiger partial charge on any atom is -0.480 e. The maximum atomic E-state index is 13.9. The van der Waals surface area contributed by atoms with Crippen molar-refractivity contribution in [1.29, 1.82) is 0 Å². The van der Waals surface area contributed by atoms with Gasteiger partial charge in [-0.1, -0.05) is 42.5 Å². The number of hydrogen-bond donors (Lipinski definition) is 4. The second-order valence-corrected chi connectivity index (χ2v) is 11.1. The van der Waals surface area contributed by atoms with Crippen molar-refractivity contribution in [3.05, 3.63) is 83.9 Å². The van der Waals surface area contributed by atoms with E-state index in [4.69, 9.17) is 23.7 Å². The lowest BCUT2D eigenvalue weighted by Crippen LogP contribution is -2.53. The Labute approximate surface area is 272 Å². The zero-order chi connectivity index (χ0) is 34.6. The molecular formula is C33H31NO14. The minimum atomic E-state index is -3.50. The Kier molecular flexibility index (Phi) is 9.82. The van der Waals surface area contributed by atoms with Crippen LogP contribution in [0.5, 0.6) is 23.0 Å². The summed E-state index contributed by atoms with van der Waals surface area (Å²) in [6.45, 7) is 0.724. The molecule has 4 unspecified atom stereocenters. The third kappa shape index (κ3) is 7.01. The number of nitrogens with zero attached hydrogens (tertiary/aromatic N) is 1. The molecule has 2 aliphatic heterocycles. The Morgan fingerprint density at radius 2 is 1.46 bits per heavy atom.